The lowest BCUT2D eigenvalue weighted by Crippen LogP contribution is -2.07. The van der Waals surface area contributed by atoms with Crippen molar-refractivity contribution in [2.75, 3.05) is 12.4 Å². The molecule has 0 saturated heterocycles. The van der Waals surface area contributed by atoms with E-state index in [4.69, 9.17) is 21.1 Å². The van der Waals surface area contributed by atoms with E-state index in [2.05, 4.69) is 11.4 Å². The predicted molar refractivity (Wildman–Crippen MR) is 132 cm³/mol. The number of benzene rings is 2. The predicted octanol–water partition coefficient (Wildman–Crippen LogP) is 6.39. The molecule has 0 unspecified atom stereocenters. The van der Waals surface area contributed by atoms with Crippen LogP contribution in [0.3, 0.4) is 0 Å². The Morgan fingerprint density at radius 3 is 2.73 bits per heavy atom. The number of nitrogens with zero attached hydrogens (tertiary/aromatic N) is 1. The number of hydrogen-bond donors (Lipinski definition) is 1. The maximum atomic E-state index is 12.5. The summed E-state index contributed by atoms with van der Waals surface area (Å²) in [6.07, 6.45) is 7.28. The van der Waals surface area contributed by atoms with Crippen molar-refractivity contribution >= 4 is 39.9 Å². The second-order valence-corrected chi connectivity index (χ2v) is 9.22. The molecule has 33 heavy (non-hydrogen) atoms. The molecule has 2 aromatic carbocycles. The van der Waals surface area contributed by atoms with Gasteiger partial charge in [0.15, 0.2) is 11.5 Å². The van der Waals surface area contributed by atoms with Crippen molar-refractivity contribution in [1.82, 2.24) is 0 Å². The van der Waals surface area contributed by atoms with E-state index in [9.17, 15) is 10.1 Å². The van der Waals surface area contributed by atoms with Gasteiger partial charge in [0, 0.05) is 16.0 Å². The second-order valence-electron chi connectivity index (χ2n) is 7.67. The fraction of sp³-hybridized carbons (Fsp3) is 0.231. The Bertz CT molecular complexity index is 1230. The number of amides is 1. The molecule has 3 aromatic rings. The molecule has 0 aliphatic heterocycles. The molecular weight excluding hydrogens is 456 g/mol. The maximum Gasteiger partial charge on any atom is 0.249 e. The lowest BCUT2D eigenvalue weighted by atomic mass is 9.96. The van der Waals surface area contributed by atoms with Gasteiger partial charge in [-0.25, -0.2) is 0 Å². The minimum absolute atomic E-state index is 0.271. The summed E-state index contributed by atoms with van der Waals surface area (Å²) in [5.41, 5.74) is 3.51. The third-order valence-corrected chi connectivity index (χ3v) is 6.90. The summed E-state index contributed by atoms with van der Waals surface area (Å²) in [4.78, 5) is 13.7. The number of thiophene rings is 1. The van der Waals surface area contributed by atoms with Gasteiger partial charge < -0.3 is 14.8 Å². The minimum atomic E-state index is -0.271. The molecule has 7 heteroatoms. The van der Waals surface area contributed by atoms with E-state index >= 15 is 0 Å². The summed E-state index contributed by atoms with van der Waals surface area (Å²) in [6, 6.07) is 15.2. The number of halogens is 1. The largest absolute Gasteiger partial charge is 0.493 e. The first-order valence-corrected chi connectivity index (χ1v) is 11.9. The number of methoxy groups -OCH3 is 1. The molecule has 1 N–H and O–H groups in total. The number of ether oxygens (including phenoxy) is 2. The number of fused-ring (bicyclic) bond motifs is 1. The van der Waals surface area contributed by atoms with E-state index in [0.29, 0.717) is 33.7 Å². The van der Waals surface area contributed by atoms with Crippen molar-refractivity contribution in [3.05, 3.63) is 80.7 Å². The number of rotatable bonds is 7. The van der Waals surface area contributed by atoms with Gasteiger partial charge in [-0.1, -0.05) is 29.8 Å². The standard InChI is InChI=1S/C26H23ClN2O3S/c1-31-23-14-17(8-12-22(23)32-16-18-6-10-19(27)11-7-18)9-13-25(30)29-26-21(15-28)20-4-2-3-5-24(20)33-26/h6-14H,2-5,16H2,1H3,(H,29,30)/b13-9+. The van der Waals surface area contributed by atoms with Crippen LogP contribution in [0.4, 0.5) is 5.00 Å². The average Bonchev–Trinajstić information content (AvgIpc) is 3.19. The van der Waals surface area contributed by atoms with E-state index in [1.165, 1.54) is 22.3 Å². The number of nitriles is 1. The molecule has 4 rings (SSSR count). The summed E-state index contributed by atoms with van der Waals surface area (Å²) in [5.74, 6) is 0.910. The third-order valence-electron chi connectivity index (χ3n) is 5.44. The highest BCUT2D eigenvalue weighted by Crippen LogP contribution is 2.37. The Hall–Kier alpha value is -3.27. The molecule has 0 spiro atoms. The van der Waals surface area contributed by atoms with Gasteiger partial charge in [-0.05, 0) is 72.7 Å². The number of nitrogens with one attached hydrogen (secondary N) is 1. The Kier molecular flexibility index (Phi) is 7.33. The normalized spacial score (nSPS) is 12.8. The van der Waals surface area contributed by atoms with Crippen LogP contribution in [0.1, 0.15) is 40.0 Å². The molecule has 0 bridgehead atoms. The summed E-state index contributed by atoms with van der Waals surface area (Å²) >= 11 is 7.44. The van der Waals surface area contributed by atoms with E-state index in [1.54, 1.807) is 13.2 Å². The van der Waals surface area contributed by atoms with Crippen LogP contribution in [0, 0.1) is 11.3 Å². The molecule has 0 radical (unpaired) electrons. The molecule has 1 amide bonds. The molecule has 5 nitrogen and oxygen atoms in total. The smallest absolute Gasteiger partial charge is 0.249 e. The maximum absolute atomic E-state index is 12.5. The monoisotopic (exact) mass is 478 g/mol. The number of carbonyl (C=O) groups is 1. The van der Waals surface area contributed by atoms with Crippen LogP contribution in [0.5, 0.6) is 11.5 Å². The Labute approximate surface area is 202 Å². The lowest BCUT2D eigenvalue weighted by Gasteiger charge is -2.11. The van der Waals surface area contributed by atoms with Crippen LogP contribution in [0.25, 0.3) is 6.08 Å². The van der Waals surface area contributed by atoms with Gasteiger partial charge in [0.25, 0.3) is 0 Å². The molecule has 1 aliphatic rings. The molecule has 1 aliphatic carbocycles. The number of carbonyl (C=O) groups excluding carboxylic acids is 1. The molecular formula is C26H23ClN2O3S. The van der Waals surface area contributed by atoms with Crippen LogP contribution in [0.2, 0.25) is 5.02 Å². The summed E-state index contributed by atoms with van der Waals surface area (Å²) in [6.45, 7) is 0.386. The van der Waals surface area contributed by atoms with Gasteiger partial charge in [-0.15, -0.1) is 11.3 Å². The number of aryl methyl sites for hydroxylation is 1. The first kappa shape index (κ1) is 22.9. The molecule has 0 fully saturated rings. The van der Waals surface area contributed by atoms with E-state index < -0.39 is 0 Å². The first-order chi connectivity index (χ1) is 16.1. The van der Waals surface area contributed by atoms with Gasteiger partial charge in [-0.3, -0.25) is 4.79 Å². The summed E-state index contributed by atoms with van der Waals surface area (Å²) in [5, 5.41) is 13.7. The molecule has 0 atom stereocenters. The Balaban J connectivity index is 1.41. The van der Waals surface area contributed by atoms with E-state index in [1.807, 2.05) is 42.5 Å². The van der Waals surface area contributed by atoms with Crippen LogP contribution < -0.4 is 14.8 Å². The molecule has 1 heterocycles. The van der Waals surface area contributed by atoms with Crippen LogP contribution in [-0.4, -0.2) is 13.0 Å². The van der Waals surface area contributed by atoms with Gasteiger partial charge in [0.1, 0.15) is 17.7 Å². The minimum Gasteiger partial charge on any atom is -0.493 e. The van der Waals surface area contributed by atoms with Crippen molar-refractivity contribution in [1.29, 1.82) is 5.26 Å². The van der Waals surface area contributed by atoms with Crippen molar-refractivity contribution in [2.45, 2.75) is 32.3 Å². The topological polar surface area (TPSA) is 71.3 Å². The molecule has 168 valence electrons. The van der Waals surface area contributed by atoms with Gasteiger partial charge >= 0.3 is 0 Å². The summed E-state index contributed by atoms with van der Waals surface area (Å²) in [7, 11) is 1.58. The Morgan fingerprint density at radius 1 is 1.18 bits per heavy atom. The second kappa shape index (κ2) is 10.6. The van der Waals surface area contributed by atoms with Crippen molar-refractivity contribution in [3.8, 4) is 17.6 Å². The van der Waals surface area contributed by atoms with Crippen LogP contribution in [-0.2, 0) is 24.2 Å². The van der Waals surface area contributed by atoms with Gasteiger partial charge in [0.05, 0.1) is 12.7 Å². The summed E-state index contributed by atoms with van der Waals surface area (Å²) < 4.78 is 11.3. The van der Waals surface area contributed by atoms with Gasteiger partial charge in [-0.2, -0.15) is 5.26 Å². The fourth-order valence-electron chi connectivity index (χ4n) is 3.75. The van der Waals surface area contributed by atoms with E-state index in [0.717, 1.165) is 42.4 Å². The Morgan fingerprint density at radius 2 is 1.97 bits per heavy atom. The zero-order valence-corrected chi connectivity index (χ0v) is 19.8. The SMILES string of the molecule is COc1cc(/C=C/C(=O)Nc2sc3c(c2C#N)CCCC3)ccc1OCc1ccc(Cl)cc1. The lowest BCUT2D eigenvalue weighted by molar-refractivity contribution is -0.111. The third kappa shape index (κ3) is 5.57. The number of hydrogen-bond acceptors (Lipinski definition) is 5. The quantitative estimate of drug-likeness (QED) is 0.399. The highest BCUT2D eigenvalue weighted by Gasteiger charge is 2.21. The van der Waals surface area contributed by atoms with Crippen molar-refractivity contribution < 1.29 is 14.3 Å². The molecule has 1 aromatic heterocycles. The van der Waals surface area contributed by atoms with Gasteiger partial charge in [0.2, 0.25) is 5.91 Å². The number of anilines is 1. The fourth-order valence-corrected chi connectivity index (χ4v) is 5.12. The van der Waals surface area contributed by atoms with Crippen molar-refractivity contribution in [3.63, 3.8) is 0 Å². The zero-order chi connectivity index (χ0) is 23.2. The highest BCUT2D eigenvalue weighted by atomic mass is 35.5. The first-order valence-electron chi connectivity index (χ1n) is 10.7. The van der Waals surface area contributed by atoms with Crippen LogP contribution in [0.15, 0.2) is 48.5 Å². The zero-order valence-electron chi connectivity index (χ0n) is 18.2. The average molecular weight is 479 g/mol. The van der Waals surface area contributed by atoms with Crippen molar-refractivity contribution in [2.24, 2.45) is 0 Å². The van der Waals surface area contributed by atoms with Crippen LogP contribution >= 0.6 is 22.9 Å². The highest BCUT2D eigenvalue weighted by molar-refractivity contribution is 7.16. The molecule has 0 saturated carbocycles. The van der Waals surface area contributed by atoms with E-state index in [-0.39, 0.29) is 5.91 Å².